The molecule has 0 spiro atoms. The van der Waals surface area contributed by atoms with Gasteiger partial charge in [0.05, 0.1) is 9.75 Å². The van der Waals surface area contributed by atoms with Crippen LogP contribution >= 0.6 is 22.7 Å². The van der Waals surface area contributed by atoms with Crippen molar-refractivity contribution in [2.24, 2.45) is 0 Å². The van der Waals surface area contributed by atoms with Gasteiger partial charge in [0.2, 0.25) is 5.60 Å². The Kier molecular flexibility index (Phi) is 6.64. The van der Waals surface area contributed by atoms with Crippen LogP contribution in [0, 0.1) is 0 Å². The summed E-state index contributed by atoms with van der Waals surface area (Å²) in [7, 11) is 0. The Bertz CT molecular complexity index is 637. The summed E-state index contributed by atoms with van der Waals surface area (Å²) in [4.78, 5) is 31.1. The zero-order valence-corrected chi connectivity index (χ0v) is 13.1. The summed E-state index contributed by atoms with van der Waals surface area (Å²) < 4.78 is 0. The molecule has 0 saturated carbocycles. The Morgan fingerprint density at radius 2 is 1.26 bits per heavy atom. The van der Waals surface area contributed by atoms with Gasteiger partial charge in [-0.05, 0) is 22.9 Å². The van der Waals surface area contributed by atoms with Gasteiger partial charge in [-0.15, -0.1) is 22.7 Å². The van der Waals surface area contributed by atoms with E-state index in [4.69, 9.17) is 15.3 Å². The van der Waals surface area contributed by atoms with Crippen LogP contribution in [0.15, 0.2) is 47.2 Å². The summed E-state index contributed by atoms with van der Waals surface area (Å²) >= 11 is 2.46. The molecule has 2 aromatic heterocycles. The highest BCUT2D eigenvalue weighted by Gasteiger charge is 2.42. The number of hydrogen-bond acceptors (Lipinski definition) is 6. The van der Waals surface area contributed by atoms with Gasteiger partial charge in [0.15, 0.2) is 0 Å². The molecule has 9 heteroatoms. The first kappa shape index (κ1) is 18.6. The molecule has 2 rings (SSSR count). The lowest BCUT2D eigenvalue weighted by Gasteiger charge is -2.20. The Hall–Kier alpha value is -2.49. The van der Waals surface area contributed by atoms with Crippen LogP contribution in [0.2, 0.25) is 0 Å². The maximum absolute atomic E-state index is 11.2. The Balaban J connectivity index is 0.000000284. The van der Waals surface area contributed by atoms with Crippen LogP contribution in [0.3, 0.4) is 0 Å². The summed E-state index contributed by atoms with van der Waals surface area (Å²) in [6.45, 7) is 0. The van der Waals surface area contributed by atoms with Crippen LogP contribution in [0.25, 0.3) is 0 Å². The molecule has 23 heavy (non-hydrogen) atoms. The second-order valence-electron chi connectivity index (χ2n) is 3.98. The van der Waals surface area contributed by atoms with Gasteiger partial charge in [0, 0.05) is 12.2 Å². The van der Waals surface area contributed by atoms with Crippen molar-refractivity contribution in [2.75, 3.05) is 0 Å². The molecule has 0 atom stereocenters. The fourth-order valence-corrected chi connectivity index (χ4v) is 3.17. The molecule has 2 heterocycles. The van der Waals surface area contributed by atoms with Crippen molar-refractivity contribution in [3.63, 3.8) is 0 Å². The zero-order chi connectivity index (χ0) is 17.5. The van der Waals surface area contributed by atoms with Crippen LogP contribution in [0.1, 0.15) is 9.75 Å². The first-order valence-electron chi connectivity index (χ1n) is 5.96. The number of aliphatic carboxylic acids is 3. The number of carbonyl (C=O) groups is 3. The summed E-state index contributed by atoms with van der Waals surface area (Å²) in [6.07, 6.45) is 1.12. The molecule has 0 aliphatic carbocycles. The van der Waals surface area contributed by atoms with E-state index in [0.29, 0.717) is 21.9 Å². The highest BCUT2D eigenvalue weighted by molar-refractivity contribution is 7.12. The molecule has 0 unspecified atom stereocenters. The summed E-state index contributed by atoms with van der Waals surface area (Å²) in [6, 6.07) is 6.69. The van der Waals surface area contributed by atoms with Gasteiger partial charge in [0.1, 0.15) is 0 Å². The Morgan fingerprint density at radius 3 is 1.48 bits per heavy atom. The minimum atomic E-state index is -1.90. The van der Waals surface area contributed by atoms with Crippen LogP contribution in [-0.2, 0) is 20.0 Å². The van der Waals surface area contributed by atoms with E-state index in [2.05, 4.69) is 0 Å². The van der Waals surface area contributed by atoms with Crippen molar-refractivity contribution < 1.29 is 34.8 Å². The lowest BCUT2D eigenvalue weighted by Crippen LogP contribution is -2.34. The van der Waals surface area contributed by atoms with E-state index in [0.717, 1.165) is 0 Å². The molecule has 0 fully saturated rings. The fourth-order valence-electron chi connectivity index (χ4n) is 1.44. The number of thiophene rings is 2. The number of carboxylic acids is 3. The molecule has 0 bridgehead atoms. The first-order valence-corrected chi connectivity index (χ1v) is 7.72. The van der Waals surface area contributed by atoms with Crippen molar-refractivity contribution in [3.8, 4) is 0 Å². The standard InChI is InChI=1S/C10H8O3S2.C4H4O4/c11-9(12)10(13,7-3-1-5-14-7)8-4-2-6-15-8;5-3(6)1-2-4(7)8/h1-6,13H,(H,11,12);1-2H,(H,5,6)(H,7,8)/b;2-1+. The first-order chi connectivity index (χ1) is 10.8. The normalized spacial score (nSPS) is 10.8. The van der Waals surface area contributed by atoms with E-state index in [1.807, 2.05) is 0 Å². The molecule has 2 aromatic rings. The van der Waals surface area contributed by atoms with Gasteiger partial charge >= 0.3 is 17.9 Å². The Morgan fingerprint density at radius 1 is 0.870 bits per heavy atom. The molecular formula is C14H12O7S2. The van der Waals surface area contributed by atoms with Gasteiger partial charge in [-0.2, -0.15) is 0 Å². The average Bonchev–Trinajstić information content (AvgIpc) is 3.17. The molecule has 0 radical (unpaired) electrons. The number of carboxylic acid groups (broad SMARTS) is 3. The highest BCUT2D eigenvalue weighted by Crippen LogP contribution is 2.35. The van der Waals surface area contributed by atoms with Gasteiger partial charge < -0.3 is 20.4 Å². The summed E-state index contributed by atoms with van der Waals surface area (Å²) in [5, 5.41) is 38.5. The molecular weight excluding hydrogens is 344 g/mol. The predicted octanol–water partition coefficient (Wildman–Crippen LogP) is 1.84. The lowest BCUT2D eigenvalue weighted by molar-refractivity contribution is -0.154. The van der Waals surface area contributed by atoms with Crippen molar-refractivity contribution in [1.82, 2.24) is 0 Å². The van der Waals surface area contributed by atoms with Gasteiger partial charge in [-0.3, -0.25) is 0 Å². The smallest absolute Gasteiger partial charge is 0.346 e. The number of aliphatic hydroxyl groups is 1. The second-order valence-corrected chi connectivity index (χ2v) is 5.88. The summed E-state index contributed by atoms with van der Waals surface area (Å²) in [5.74, 6) is -3.76. The fraction of sp³-hybridized carbons (Fsp3) is 0.0714. The van der Waals surface area contributed by atoms with Gasteiger partial charge in [-0.25, -0.2) is 14.4 Å². The molecule has 0 saturated heterocycles. The average molecular weight is 356 g/mol. The lowest BCUT2D eigenvalue weighted by atomic mass is 10.0. The van der Waals surface area contributed by atoms with E-state index in [9.17, 15) is 19.5 Å². The van der Waals surface area contributed by atoms with E-state index in [1.54, 1.807) is 35.0 Å². The van der Waals surface area contributed by atoms with E-state index >= 15 is 0 Å². The third-order valence-corrected chi connectivity index (χ3v) is 4.39. The second kappa shape index (κ2) is 8.22. The highest BCUT2D eigenvalue weighted by atomic mass is 32.1. The maximum atomic E-state index is 11.2. The molecule has 0 aromatic carbocycles. The number of hydrogen-bond donors (Lipinski definition) is 4. The van der Waals surface area contributed by atoms with Crippen molar-refractivity contribution in [2.45, 2.75) is 5.60 Å². The largest absolute Gasteiger partial charge is 0.479 e. The van der Waals surface area contributed by atoms with Crippen molar-refractivity contribution >= 4 is 40.6 Å². The zero-order valence-electron chi connectivity index (χ0n) is 11.4. The van der Waals surface area contributed by atoms with Crippen molar-refractivity contribution in [3.05, 3.63) is 56.9 Å². The molecule has 7 nitrogen and oxygen atoms in total. The van der Waals surface area contributed by atoms with Crippen molar-refractivity contribution in [1.29, 1.82) is 0 Å². The Labute approximate surface area is 138 Å². The molecule has 0 aliphatic rings. The molecule has 0 aliphatic heterocycles. The third-order valence-electron chi connectivity index (χ3n) is 2.43. The quantitative estimate of drug-likeness (QED) is 0.601. The SMILES string of the molecule is O=C(O)/C=C/C(=O)O.O=C(O)C(O)(c1cccs1)c1cccs1. The minimum Gasteiger partial charge on any atom is -0.479 e. The molecule has 4 N–H and O–H groups in total. The van der Waals surface area contributed by atoms with E-state index in [1.165, 1.54) is 22.7 Å². The van der Waals surface area contributed by atoms with Crippen LogP contribution in [0.4, 0.5) is 0 Å². The van der Waals surface area contributed by atoms with Gasteiger partial charge in [-0.1, -0.05) is 12.1 Å². The predicted molar refractivity (Wildman–Crippen MR) is 83.7 cm³/mol. The van der Waals surface area contributed by atoms with Gasteiger partial charge in [0.25, 0.3) is 0 Å². The topological polar surface area (TPSA) is 132 Å². The monoisotopic (exact) mass is 356 g/mol. The third kappa shape index (κ3) is 5.02. The van der Waals surface area contributed by atoms with Crippen LogP contribution in [0.5, 0.6) is 0 Å². The van der Waals surface area contributed by atoms with Crippen LogP contribution in [-0.4, -0.2) is 38.3 Å². The molecule has 0 amide bonds. The molecule has 122 valence electrons. The van der Waals surface area contributed by atoms with E-state index in [-0.39, 0.29) is 0 Å². The number of rotatable bonds is 5. The maximum Gasteiger partial charge on any atom is 0.346 e. The van der Waals surface area contributed by atoms with E-state index < -0.39 is 23.5 Å². The summed E-state index contributed by atoms with van der Waals surface area (Å²) in [5.41, 5.74) is -1.90. The van der Waals surface area contributed by atoms with Crippen LogP contribution < -0.4 is 0 Å². The minimum absolute atomic E-state index is 0.428.